The van der Waals surface area contributed by atoms with E-state index in [-0.39, 0.29) is 11.8 Å². The number of likely N-dealkylation sites (N-methyl/N-ethyl adjacent to an activating group) is 1. The number of hydrogen-bond donors (Lipinski definition) is 1. The Hall–Kier alpha value is -1.14. The van der Waals surface area contributed by atoms with Crippen molar-refractivity contribution in [2.24, 2.45) is 0 Å². The third-order valence-corrected chi connectivity index (χ3v) is 2.75. The number of carbonyl (C=O) groups excluding carboxylic acids is 2. The second-order valence-corrected chi connectivity index (χ2v) is 3.99. The summed E-state index contributed by atoms with van der Waals surface area (Å²) >= 11 is 0. The minimum atomic E-state index is -0.00650. The molecule has 0 spiro atoms. The smallest absolute Gasteiger partial charge is 0.251 e. The van der Waals surface area contributed by atoms with E-state index in [9.17, 15) is 9.59 Å². The van der Waals surface area contributed by atoms with Crippen LogP contribution >= 0.6 is 0 Å². The highest BCUT2D eigenvalue weighted by Crippen LogP contribution is 2.06. The fraction of sp³-hybridized carbons (Fsp3) is 0.818. The number of amides is 2. The molecule has 2 fully saturated rings. The quantitative estimate of drug-likeness (QED) is 0.650. The Morgan fingerprint density at radius 2 is 1.76 bits per heavy atom. The predicted molar refractivity (Wildman–Crippen MR) is 65.1 cm³/mol. The zero-order chi connectivity index (χ0) is 12.8. The van der Waals surface area contributed by atoms with Gasteiger partial charge in [-0.2, -0.15) is 0 Å². The van der Waals surface area contributed by atoms with E-state index >= 15 is 0 Å². The van der Waals surface area contributed by atoms with Crippen molar-refractivity contribution in [3.8, 4) is 0 Å². The van der Waals surface area contributed by atoms with Gasteiger partial charge in [-0.25, -0.2) is 5.01 Å². The SMILES string of the molecule is CC.CN1CCN(N2CCNC(=O)C2)C(=O)C1. The molecule has 0 saturated carbocycles. The standard InChI is InChI=1S/C9H16N4O2.C2H6/c1-11-4-5-13(9(15)7-11)12-3-2-10-8(14)6-12;1-2/h2-7H2,1H3,(H,10,14);1-2H3. The Bertz CT molecular complexity index is 283. The molecule has 6 heteroatoms. The Morgan fingerprint density at radius 3 is 2.35 bits per heavy atom. The second-order valence-electron chi connectivity index (χ2n) is 3.99. The zero-order valence-electron chi connectivity index (χ0n) is 10.9. The van der Waals surface area contributed by atoms with Crippen LogP contribution in [0.4, 0.5) is 0 Å². The van der Waals surface area contributed by atoms with E-state index in [0.717, 1.165) is 13.1 Å². The normalized spacial score (nSPS) is 22.9. The third kappa shape index (κ3) is 3.67. The molecule has 17 heavy (non-hydrogen) atoms. The maximum absolute atomic E-state index is 11.7. The minimum Gasteiger partial charge on any atom is -0.354 e. The van der Waals surface area contributed by atoms with Crippen LogP contribution in [0.25, 0.3) is 0 Å². The topological polar surface area (TPSA) is 55.9 Å². The molecule has 0 aliphatic carbocycles. The van der Waals surface area contributed by atoms with Crippen LogP contribution in [0.3, 0.4) is 0 Å². The van der Waals surface area contributed by atoms with Crippen LogP contribution < -0.4 is 5.32 Å². The van der Waals surface area contributed by atoms with Gasteiger partial charge in [0.2, 0.25) is 5.91 Å². The van der Waals surface area contributed by atoms with Gasteiger partial charge < -0.3 is 5.32 Å². The highest BCUT2D eigenvalue weighted by molar-refractivity contribution is 5.81. The molecule has 98 valence electrons. The van der Waals surface area contributed by atoms with Gasteiger partial charge in [-0.15, -0.1) is 0 Å². The Balaban J connectivity index is 0.000000686. The first-order valence-electron chi connectivity index (χ1n) is 6.17. The Labute approximate surface area is 103 Å². The molecular weight excluding hydrogens is 220 g/mol. The summed E-state index contributed by atoms with van der Waals surface area (Å²) < 4.78 is 0. The summed E-state index contributed by atoms with van der Waals surface area (Å²) in [4.78, 5) is 24.9. The van der Waals surface area contributed by atoms with Gasteiger partial charge in [-0.3, -0.25) is 19.5 Å². The van der Waals surface area contributed by atoms with E-state index in [1.54, 1.807) is 5.01 Å². The van der Waals surface area contributed by atoms with Crippen LogP contribution in [-0.4, -0.2) is 73.0 Å². The molecule has 2 aliphatic heterocycles. The first kappa shape index (κ1) is 13.9. The fourth-order valence-corrected chi connectivity index (χ4v) is 1.91. The van der Waals surface area contributed by atoms with E-state index in [2.05, 4.69) is 5.32 Å². The molecule has 0 bridgehead atoms. The van der Waals surface area contributed by atoms with Crippen LogP contribution in [0.15, 0.2) is 0 Å². The van der Waals surface area contributed by atoms with Gasteiger partial charge in [0.25, 0.3) is 5.91 Å². The van der Waals surface area contributed by atoms with Crippen molar-refractivity contribution in [1.29, 1.82) is 0 Å². The second kappa shape index (κ2) is 6.56. The van der Waals surface area contributed by atoms with E-state index < -0.39 is 0 Å². The van der Waals surface area contributed by atoms with Gasteiger partial charge in [-0.05, 0) is 7.05 Å². The first-order chi connectivity index (χ1) is 8.16. The first-order valence-corrected chi connectivity index (χ1v) is 6.17. The minimum absolute atomic E-state index is 0.00650. The number of piperazine rings is 2. The van der Waals surface area contributed by atoms with Crippen LogP contribution in [0.5, 0.6) is 0 Å². The molecule has 2 rings (SSSR count). The van der Waals surface area contributed by atoms with Gasteiger partial charge >= 0.3 is 0 Å². The molecule has 0 aromatic carbocycles. The Morgan fingerprint density at radius 1 is 1.06 bits per heavy atom. The van der Waals surface area contributed by atoms with Crippen molar-refractivity contribution in [1.82, 2.24) is 20.2 Å². The molecule has 2 heterocycles. The molecule has 0 aromatic rings. The number of nitrogens with zero attached hydrogens (tertiary/aromatic N) is 3. The lowest BCUT2D eigenvalue weighted by atomic mass is 10.3. The van der Waals surface area contributed by atoms with Gasteiger partial charge in [0.05, 0.1) is 19.6 Å². The number of hydrazine groups is 1. The molecule has 2 saturated heterocycles. The summed E-state index contributed by atoms with van der Waals surface area (Å²) in [6.07, 6.45) is 0. The molecule has 1 N–H and O–H groups in total. The largest absolute Gasteiger partial charge is 0.354 e. The van der Waals surface area contributed by atoms with Crippen molar-refractivity contribution in [3.63, 3.8) is 0 Å². The number of rotatable bonds is 1. The maximum atomic E-state index is 11.7. The molecule has 0 radical (unpaired) electrons. The van der Waals surface area contributed by atoms with Gasteiger partial charge in [0, 0.05) is 19.6 Å². The monoisotopic (exact) mass is 242 g/mol. The fourth-order valence-electron chi connectivity index (χ4n) is 1.91. The van der Waals surface area contributed by atoms with Crippen LogP contribution in [0, 0.1) is 0 Å². The molecule has 0 unspecified atom stereocenters. The number of nitrogens with one attached hydrogen (secondary N) is 1. The summed E-state index contributed by atoms with van der Waals surface area (Å²) in [5, 5.41) is 6.29. The zero-order valence-corrected chi connectivity index (χ0v) is 10.9. The van der Waals surface area contributed by atoms with Crippen molar-refractivity contribution >= 4 is 11.8 Å². The van der Waals surface area contributed by atoms with Gasteiger partial charge in [0.15, 0.2) is 0 Å². The lowest BCUT2D eigenvalue weighted by Gasteiger charge is -2.41. The molecule has 6 nitrogen and oxygen atoms in total. The summed E-state index contributed by atoms with van der Waals surface area (Å²) in [5.74, 6) is 0.0754. The average Bonchev–Trinajstić information content (AvgIpc) is 2.31. The lowest BCUT2D eigenvalue weighted by molar-refractivity contribution is -0.159. The van der Waals surface area contributed by atoms with Crippen molar-refractivity contribution < 1.29 is 9.59 Å². The van der Waals surface area contributed by atoms with E-state index in [4.69, 9.17) is 0 Å². The number of carbonyl (C=O) groups is 2. The van der Waals surface area contributed by atoms with E-state index in [1.807, 2.05) is 30.8 Å². The molecule has 2 aliphatic rings. The summed E-state index contributed by atoms with van der Waals surface area (Å²) in [6.45, 7) is 7.64. The maximum Gasteiger partial charge on any atom is 0.251 e. The predicted octanol–water partition coefficient (Wildman–Crippen LogP) is -0.867. The highest BCUT2D eigenvalue weighted by Gasteiger charge is 2.29. The van der Waals surface area contributed by atoms with Crippen LogP contribution in [0.2, 0.25) is 0 Å². The summed E-state index contributed by atoms with van der Waals surface area (Å²) in [6, 6.07) is 0. The molecule has 0 atom stereocenters. The van der Waals surface area contributed by atoms with Crippen molar-refractivity contribution in [2.45, 2.75) is 13.8 Å². The van der Waals surface area contributed by atoms with Gasteiger partial charge in [-0.1, -0.05) is 13.8 Å². The lowest BCUT2D eigenvalue weighted by Crippen LogP contribution is -2.61. The van der Waals surface area contributed by atoms with E-state index in [1.165, 1.54) is 0 Å². The molecular formula is C11H22N4O2. The molecule has 2 amide bonds. The number of hydrogen-bond acceptors (Lipinski definition) is 4. The van der Waals surface area contributed by atoms with Crippen molar-refractivity contribution in [2.75, 3.05) is 46.3 Å². The van der Waals surface area contributed by atoms with E-state index in [0.29, 0.717) is 26.2 Å². The average molecular weight is 242 g/mol. The third-order valence-electron chi connectivity index (χ3n) is 2.75. The molecule has 0 aromatic heterocycles. The summed E-state index contributed by atoms with van der Waals surface area (Å²) in [7, 11) is 1.93. The van der Waals surface area contributed by atoms with Crippen LogP contribution in [-0.2, 0) is 9.59 Å². The van der Waals surface area contributed by atoms with Gasteiger partial charge in [0.1, 0.15) is 0 Å². The van der Waals surface area contributed by atoms with Crippen LogP contribution in [0.1, 0.15) is 13.8 Å². The summed E-state index contributed by atoms with van der Waals surface area (Å²) in [5.41, 5.74) is 0. The van der Waals surface area contributed by atoms with Crippen molar-refractivity contribution in [3.05, 3.63) is 0 Å². The Kier molecular flexibility index (Phi) is 5.37. The highest BCUT2D eigenvalue weighted by atomic mass is 16.2.